The summed E-state index contributed by atoms with van der Waals surface area (Å²) in [6, 6.07) is 15.5. The quantitative estimate of drug-likeness (QED) is 0.591. The maximum Gasteiger partial charge on any atom is 0.185 e. The Morgan fingerprint density at radius 3 is 2.87 bits per heavy atom. The second kappa shape index (κ2) is 9.84. The van der Waals surface area contributed by atoms with E-state index < -0.39 is 6.10 Å². The number of benzene rings is 1. The molecular weight excluding hydrogens is 382 g/mol. The first kappa shape index (κ1) is 20.5. The zero-order valence-corrected chi connectivity index (χ0v) is 17.0. The van der Waals surface area contributed by atoms with Crippen LogP contribution >= 0.6 is 0 Å². The largest absolute Gasteiger partial charge is 0.496 e. The van der Waals surface area contributed by atoms with Crippen molar-refractivity contribution in [1.29, 1.82) is 0 Å². The van der Waals surface area contributed by atoms with Gasteiger partial charge in [-0.3, -0.25) is 4.98 Å². The number of ether oxygens (including phenoxy) is 2. The van der Waals surface area contributed by atoms with E-state index in [1.807, 2.05) is 48.5 Å². The molecular formula is C23H27N3O4. The number of hydrogen-bond donors (Lipinski definition) is 2. The van der Waals surface area contributed by atoms with Crippen molar-refractivity contribution in [3.8, 4) is 17.2 Å². The second-order valence-corrected chi connectivity index (χ2v) is 7.49. The lowest BCUT2D eigenvalue weighted by atomic mass is 9.98. The molecule has 7 nitrogen and oxygen atoms in total. The molecule has 1 aliphatic rings. The third-order valence-electron chi connectivity index (χ3n) is 5.35. The molecule has 0 radical (unpaired) electrons. The maximum absolute atomic E-state index is 10.4. The summed E-state index contributed by atoms with van der Waals surface area (Å²) in [5, 5.41) is 17.9. The van der Waals surface area contributed by atoms with Gasteiger partial charge in [-0.2, -0.15) is 0 Å². The molecule has 1 saturated heterocycles. The fourth-order valence-electron chi connectivity index (χ4n) is 3.75. The van der Waals surface area contributed by atoms with Gasteiger partial charge in [0, 0.05) is 37.3 Å². The summed E-state index contributed by atoms with van der Waals surface area (Å²) in [4.78, 5) is 4.29. The van der Waals surface area contributed by atoms with Crippen LogP contribution in [0.25, 0.3) is 11.5 Å². The highest BCUT2D eigenvalue weighted by Crippen LogP contribution is 2.24. The van der Waals surface area contributed by atoms with Crippen LogP contribution in [-0.2, 0) is 17.7 Å². The Morgan fingerprint density at radius 1 is 1.17 bits per heavy atom. The Balaban J connectivity index is 1.31. The number of aliphatic hydroxyl groups excluding tert-OH is 1. The Bertz CT molecular complexity index is 931. The summed E-state index contributed by atoms with van der Waals surface area (Å²) < 4.78 is 17.0. The lowest BCUT2D eigenvalue weighted by Gasteiger charge is -2.34. The average molecular weight is 409 g/mol. The summed E-state index contributed by atoms with van der Waals surface area (Å²) >= 11 is 0. The van der Waals surface area contributed by atoms with Crippen molar-refractivity contribution in [1.82, 2.24) is 15.5 Å². The minimum Gasteiger partial charge on any atom is -0.496 e. The van der Waals surface area contributed by atoms with Gasteiger partial charge in [-0.15, -0.1) is 0 Å². The molecule has 158 valence electrons. The minimum atomic E-state index is -0.479. The van der Waals surface area contributed by atoms with Crippen LogP contribution in [-0.4, -0.2) is 47.2 Å². The van der Waals surface area contributed by atoms with Gasteiger partial charge in [0.1, 0.15) is 11.4 Å². The van der Waals surface area contributed by atoms with Crippen molar-refractivity contribution < 1.29 is 19.1 Å². The molecule has 0 saturated carbocycles. The number of nitrogens with zero attached hydrogens (tertiary/aromatic N) is 2. The first-order chi connectivity index (χ1) is 14.7. The van der Waals surface area contributed by atoms with Gasteiger partial charge in [-0.1, -0.05) is 29.4 Å². The van der Waals surface area contributed by atoms with E-state index in [2.05, 4.69) is 15.5 Å². The van der Waals surface area contributed by atoms with Crippen LogP contribution in [0, 0.1) is 0 Å². The molecule has 4 rings (SSSR count). The molecule has 2 aromatic heterocycles. The molecule has 1 aromatic carbocycles. The van der Waals surface area contributed by atoms with Crippen LogP contribution in [0.4, 0.5) is 0 Å². The summed E-state index contributed by atoms with van der Waals surface area (Å²) in [6.07, 6.45) is 3.12. The fraction of sp³-hybridized carbons (Fsp3) is 0.391. The molecule has 3 heterocycles. The SMILES string of the molecule is COc1ccccc1CNC[C@H]1O[C@H](Cc2cc(-c3ccccn3)on2)CC[C@@H]1O. The topological polar surface area (TPSA) is 89.6 Å². The number of methoxy groups -OCH3 is 1. The van der Waals surface area contributed by atoms with Gasteiger partial charge in [-0.25, -0.2) is 0 Å². The van der Waals surface area contributed by atoms with Gasteiger partial charge in [0.2, 0.25) is 0 Å². The third kappa shape index (κ3) is 5.05. The van der Waals surface area contributed by atoms with Gasteiger partial charge in [0.05, 0.1) is 31.1 Å². The predicted molar refractivity (Wildman–Crippen MR) is 112 cm³/mol. The van der Waals surface area contributed by atoms with Gasteiger partial charge in [-0.05, 0) is 31.0 Å². The zero-order valence-electron chi connectivity index (χ0n) is 17.0. The minimum absolute atomic E-state index is 0.00635. The van der Waals surface area contributed by atoms with Crippen molar-refractivity contribution >= 4 is 0 Å². The fourth-order valence-corrected chi connectivity index (χ4v) is 3.75. The molecule has 1 aliphatic heterocycles. The summed E-state index contributed by atoms with van der Waals surface area (Å²) in [5.74, 6) is 1.50. The van der Waals surface area contributed by atoms with Gasteiger partial charge in [0.15, 0.2) is 5.76 Å². The second-order valence-electron chi connectivity index (χ2n) is 7.49. The molecule has 7 heteroatoms. The van der Waals surface area contributed by atoms with Crippen molar-refractivity contribution in [3.63, 3.8) is 0 Å². The maximum atomic E-state index is 10.4. The molecule has 2 N–H and O–H groups in total. The third-order valence-corrected chi connectivity index (χ3v) is 5.35. The number of rotatable bonds is 8. The Labute approximate surface area is 176 Å². The molecule has 0 spiro atoms. The highest BCUT2D eigenvalue weighted by molar-refractivity contribution is 5.51. The number of hydrogen-bond acceptors (Lipinski definition) is 7. The normalized spacial score (nSPS) is 21.5. The van der Waals surface area contributed by atoms with Crippen molar-refractivity contribution in [2.45, 2.75) is 44.1 Å². The van der Waals surface area contributed by atoms with E-state index in [1.54, 1.807) is 13.3 Å². The number of aliphatic hydroxyl groups is 1. The number of nitrogens with one attached hydrogen (secondary N) is 1. The molecule has 0 bridgehead atoms. The van der Waals surface area contributed by atoms with E-state index in [9.17, 15) is 5.11 Å². The highest BCUT2D eigenvalue weighted by atomic mass is 16.5. The lowest BCUT2D eigenvalue weighted by molar-refractivity contribution is -0.115. The van der Waals surface area contributed by atoms with Crippen LogP contribution in [0.1, 0.15) is 24.1 Å². The summed E-state index contributed by atoms with van der Waals surface area (Å²) in [6.45, 7) is 1.21. The van der Waals surface area contributed by atoms with E-state index in [1.165, 1.54) is 0 Å². The monoisotopic (exact) mass is 409 g/mol. The van der Waals surface area contributed by atoms with E-state index in [-0.39, 0.29) is 12.2 Å². The van der Waals surface area contributed by atoms with E-state index in [0.29, 0.717) is 31.7 Å². The lowest BCUT2D eigenvalue weighted by Crippen LogP contribution is -2.45. The summed E-state index contributed by atoms with van der Waals surface area (Å²) in [7, 11) is 1.67. The zero-order chi connectivity index (χ0) is 20.8. The molecule has 3 atom stereocenters. The number of para-hydroxylation sites is 1. The van der Waals surface area contributed by atoms with Crippen molar-refractivity contribution in [2.24, 2.45) is 0 Å². The standard InChI is InChI=1S/C23H27N3O4/c1-28-21-8-3-2-6-16(21)14-24-15-23-20(27)10-9-18(29-23)12-17-13-22(30-26-17)19-7-4-5-11-25-19/h2-8,11,13,18,20,23-24,27H,9-10,12,14-15H2,1H3/t18-,20-,23+/m0/s1. The van der Waals surface area contributed by atoms with Crippen LogP contribution in [0.15, 0.2) is 59.3 Å². The summed E-state index contributed by atoms with van der Waals surface area (Å²) in [5.41, 5.74) is 2.67. The van der Waals surface area contributed by atoms with Crippen molar-refractivity contribution in [2.75, 3.05) is 13.7 Å². The van der Waals surface area contributed by atoms with E-state index in [4.69, 9.17) is 14.0 Å². The molecule has 0 unspecified atom stereocenters. The van der Waals surface area contributed by atoms with Crippen LogP contribution in [0.2, 0.25) is 0 Å². The molecule has 3 aromatic rings. The number of pyridine rings is 1. The first-order valence-corrected chi connectivity index (χ1v) is 10.3. The Hall–Kier alpha value is -2.74. The van der Waals surface area contributed by atoms with E-state index >= 15 is 0 Å². The van der Waals surface area contributed by atoms with Crippen LogP contribution in [0.3, 0.4) is 0 Å². The van der Waals surface area contributed by atoms with Gasteiger partial charge < -0.3 is 24.4 Å². The Morgan fingerprint density at radius 2 is 2.03 bits per heavy atom. The van der Waals surface area contributed by atoms with Crippen LogP contribution in [0.5, 0.6) is 5.75 Å². The Kier molecular flexibility index (Phi) is 6.74. The van der Waals surface area contributed by atoms with E-state index in [0.717, 1.165) is 29.1 Å². The molecule has 0 aliphatic carbocycles. The smallest absolute Gasteiger partial charge is 0.185 e. The molecule has 1 fully saturated rings. The van der Waals surface area contributed by atoms with Gasteiger partial charge in [0.25, 0.3) is 0 Å². The van der Waals surface area contributed by atoms with Gasteiger partial charge >= 0.3 is 0 Å². The molecule has 30 heavy (non-hydrogen) atoms. The predicted octanol–water partition coefficient (Wildman–Crippen LogP) is 2.99. The van der Waals surface area contributed by atoms with Crippen LogP contribution < -0.4 is 10.1 Å². The number of aromatic nitrogens is 2. The molecule has 0 amide bonds. The first-order valence-electron chi connectivity index (χ1n) is 10.3. The van der Waals surface area contributed by atoms with Crippen molar-refractivity contribution in [3.05, 3.63) is 66.0 Å². The highest BCUT2D eigenvalue weighted by Gasteiger charge is 2.30. The average Bonchev–Trinajstić information content (AvgIpc) is 3.25.